The summed E-state index contributed by atoms with van der Waals surface area (Å²) in [6.07, 6.45) is 1.54. The largest absolute Gasteiger partial charge is 0.398 e. The summed E-state index contributed by atoms with van der Waals surface area (Å²) in [5.74, 6) is 0. The maximum absolute atomic E-state index is 12.9. The fraction of sp³-hybridized carbons (Fsp3) is 0.625. The van der Waals surface area contributed by atoms with Crippen molar-refractivity contribution in [2.45, 2.75) is 59.6 Å². The van der Waals surface area contributed by atoms with E-state index in [1.165, 1.54) is 32.0 Å². The number of halogens is 4. The van der Waals surface area contributed by atoms with E-state index in [2.05, 4.69) is 23.8 Å². The molecule has 1 saturated carbocycles. The standard InChI is InChI=1S/C12H12ClF3N2.C4H10/c1-7(11(3-4-11)12(14,15)16)5-9-8(2)18-10(13)6-17-9;1-3-4-2/h5-6H,3-4H2,1-2H3;3-4H2,1-2H3/b7-5+;. The van der Waals surface area contributed by atoms with Gasteiger partial charge in [0.2, 0.25) is 0 Å². The van der Waals surface area contributed by atoms with Gasteiger partial charge in [0.1, 0.15) is 5.15 Å². The summed E-state index contributed by atoms with van der Waals surface area (Å²) in [6.45, 7) is 7.53. The van der Waals surface area contributed by atoms with Gasteiger partial charge < -0.3 is 0 Å². The van der Waals surface area contributed by atoms with Crippen molar-refractivity contribution in [2.75, 3.05) is 0 Å². The van der Waals surface area contributed by atoms with Crippen molar-refractivity contribution in [1.82, 2.24) is 9.97 Å². The maximum Gasteiger partial charge on any atom is 0.398 e. The van der Waals surface area contributed by atoms with E-state index in [1.54, 1.807) is 6.92 Å². The Morgan fingerprint density at radius 3 is 2.23 bits per heavy atom. The van der Waals surface area contributed by atoms with Crippen molar-refractivity contribution < 1.29 is 13.2 Å². The van der Waals surface area contributed by atoms with Crippen LogP contribution in [0.25, 0.3) is 6.08 Å². The average Bonchev–Trinajstić information content (AvgIpc) is 3.23. The summed E-state index contributed by atoms with van der Waals surface area (Å²) < 4.78 is 38.7. The molecular formula is C16H22ClF3N2. The summed E-state index contributed by atoms with van der Waals surface area (Å²) in [7, 11) is 0. The Kier molecular flexibility index (Phi) is 6.41. The second kappa shape index (κ2) is 7.44. The third kappa shape index (κ3) is 4.45. The molecule has 1 fully saturated rings. The van der Waals surface area contributed by atoms with Crippen LogP contribution in [-0.2, 0) is 0 Å². The highest BCUT2D eigenvalue weighted by Gasteiger charge is 2.64. The van der Waals surface area contributed by atoms with Crippen LogP contribution in [0, 0.1) is 12.3 Å². The molecule has 0 atom stereocenters. The van der Waals surface area contributed by atoms with Gasteiger partial charge in [-0.25, -0.2) is 4.98 Å². The molecule has 1 aromatic heterocycles. The van der Waals surface area contributed by atoms with Gasteiger partial charge in [0.25, 0.3) is 0 Å². The molecule has 1 aliphatic carbocycles. The molecule has 0 N–H and O–H groups in total. The fourth-order valence-electron chi connectivity index (χ4n) is 1.97. The van der Waals surface area contributed by atoms with Gasteiger partial charge in [-0.3, -0.25) is 4.98 Å². The number of aromatic nitrogens is 2. The van der Waals surface area contributed by atoms with E-state index in [-0.39, 0.29) is 23.6 Å². The SMILES string of the molecule is C/C(=C\c1ncc(Cl)nc1C)C1(C(F)(F)F)CC1.CCCC. The molecule has 6 heteroatoms. The highest BCUT2D eigenvalue weighted by atomic mass is 35.5. The average molecular weight is 335 g/mol. The Bertz CT molecular complexity index is 533. The third-order valence-corrected chi connectivity index (χ3v) is 4.04. The zero-order chi connectivity index (χ0) is 17.0. The summed E-state index contributed by atoms with van der Waals surface area (Å²) in [5, 5.41) is 0.235. The molecule has 0 unspecified atom stereocenters. The lowest BCUT2D eigenvalue weighted by Crippen LogP contribution is -2.25. The second-order valence-corrected chi connectivity index (χ2v) is 5.96. The predicted octanol–water partition coefficient (Wildman–Crippen LogP) is 5.99. The molecule has 0 spiro atoms. The second-order valence-electron chi connectivity index (χ2n) is 5.57. The summed E-state index contributed by atoms with van der Waals surface area (Å²) in [4.78, 5) is 7.97. The number of alkyl halides is 3. The van der Waals surface area contributed by atoms with Crippen LogP contribution >= 0.6 is 11.6 Å². The number of aryl methyl sites for hydroxylation is 1. The van der Waals surface area contributed by atoms with Crippen molar-refractivity contribution in [3.63, 3.8) is 0 Å². The van der Waals surface area contributed by atoms with Crippen LogP contribution in [0.1, 0.15) is 57.8 Å². The molecule has 1 heterocycles. The minimum atomic E-state index is -4.19. The lowest BCUT2D eigenvalue weighted by molar-refractivity contribution is -0.174. The lowest BCUT2D eigenvalue weighted by Gasteiger charge is -2.20. The zero-order valence-corrected chi connectivity index (χ0v) is 14.1. The van der Waals surface area contributed by atoms with Crippen LogP contribution < -0.4 is 0 Å². The van der Waals surface area contributed by atoms with E-state index < -0.39 is 11.6 Å². The minimum Gasteiger partial charge on any atom is -0.252 e. The molecule has 0 saturated heterocycles. The Balaban J connectivity index is 0.000000541. The summed E-state index contributed by atoms with van der Waals surface area (Å²) in [5.41, 5.74) is -0.400. The Morgan fingerprint density at radius 1 is 1.32 bits per heavy atom. The van der Waals surface area contributed by atoms with E-state index in [1.807, 2.05) is 0 Å². The highest BCUT2D eigenvalue weighted by molar-refractivity contribution is 6.29. The van der Waals surface area contributed by atoms with E-state index >= 15 is 0 Å². The molecular weight excluding hydrogens is 313 g/mol. The first-order valence-electron chi connectivity index (χ1n) is 7.42. The van der Waals surface area contributed by atoms with Crippen LogP contribution in [-0.4, -0.2) is 16.1 Å². The molecule has 1 aliphatic rings. The van der Waals surface area contributed by atoms with Crippen LogP contribution in [0.3, 0.4) is 0 Å². The number of rotatable bonds is 3. The molecule has 2 rings (SSSR count). The molecule has 0 amide bonds. The van der Waals surface area contributed by atoms with Crippen molar-refractivity contribution in [3.8, 4) is 0 Å². The van der Waals surface area contributed by atoms with E-state index in [0.717, 1.165) is 0 Å². The van der Waals surface area contributed by atoms with Crippen molar-refractivity contribution in [1.29, 1.82) is 0 Å². The molecule has 22 heavy (non-hydrogen) atoms. The molecule has 0 aliphatic heterocycles. The Morgan fingerprint density at radius 2 is 1.86 bits per heavy atom. The van der Waals surface area contributed by atoms with Gasteiger partial charge in [0, 0.05) is 0 Å². The van der Waals surface area contributed by atoms with E-state index in [4.69, 9.17) is 11.6 Å². The fourth-order valence-corrected chi connectivity index (χ4v) is 2.15. The van der Waals surface area contributed by atoms with Gasteiger partial charge in [-0.05, 0) is 32.8 Å². The van der Waals surface area contributed by atoms with Gasteiger partial charge in [-0.15, -0.1) is 0 Å². The van der Waals surface area contributed by atoms with Gasteiger partial charge in [-0.1, -0.05) is 43.9 Å². The number of hydrogen-bond donors (Lipinski definition) is 0. The normalized spacial score (nSPS) is 16.8. The van der Waals surface area contributed by atoms with Crippen LogP contribution in [0.15, 0.2) is 11.8 Å². The van der Waals surface area contributed by atoms with Crippen LogP contribution in [0.5, 0.6) is 0 Å². The Labute approximate surface area is 134 Å². The summed E-state index contributed by atoms with van der Waals surface area (Å²) in [6, 6.07) is 0. The first-order valence-corrected chi connectivity index (χ1v) is 7.80. The topological polar surface area (TPSA) is 25.8 Å². The number of hydrogen-bond acceptors (Lipinski definition) is 2. The maximum atomic E-state index is 12.9. The molecule has 0 bridgehead atoms. The number of allylic oxidation sites excluding steroid dienone is 1. The van der Waals surface area contributed by atoms with Gasteiger partial charge >= 0.3 is 6.18 Å². The molecule has 2 nitrogen and oxygen atoms in total. The predicted molar refractivity (Wildman–Crippen MR) is 83.7 cm³/mol. The third-order valence-electron chi connectivity index (χ3n) is 3.86. The number of unbranched alkanes of at least 4 members (excludes halogenated alkanes) is 1. The monoisotopic (exact) mass is 334 g/mol. The van der Waals surface area contributed by atoms with Crippen molar-refractivity contribution in [2.24, 2.45) is 5.41 Å². The first-order chi connectivity index (χ1) is 10.2. The smallest absolute Gasteiger partial charge is 0.252 e. The van der Waals surface area contributed by atoms with Crippen molar-refractivity contribution >= 4 is 17.7 Å². The van der Waals surface area contributed by atoms with E-state index in [9.17, 15) is 13.2 Å². The number of nitrogens with zero attached hydrogens (tertiary/aromatic N) is 2. The Hall–Kier alpha value is -1.10. The molecule has 124 valence electrons. The molecule has 0 aromatic carbocycles. The van der Waals surface area contributed by atoms with Gasteiger partial charge in [0.15, 0.2) is 0 Å². The quantitative estimate of drug-likeness (QED) is 0.678. The summed E-state index contributed by atoms with van der Waals surface area (Å²) >= 11 is 5.65. The van der Waals surface area contributed by atoms with Gasteiger partial charge in [0.05, 0.1) is 23.0 Å². The van der Waals surface area contributed by atoms with Crippen LogP contribution in [0.2, 0.25) is 5.15 Å². The van der Waals surface area contributed by atoms with Crippen LogP contribution in [0.4, 0.5) is 13.2 Å². The van der Waals surface area contributed by atoms with Gasteiger partial charge in [-0.2, -0.15) is 13.2 Å². The zero-order valence-electron chi connectivity index (χ0n) is 13.4. The first kappa shape index (κ1) is 18.9. The molecule has 0 radical (unpaired) electrons. The van der Waals surface area contributed by atoms with Crippen molar-refractivity contribution in [3.05, 3.63) is 28.3 Å². The lowest BCUT2D eigenvalue weighted by atomic mass is 9.95. The van der Waals surface area contributed by atoms with E-state index in [0.29, 0.717) is 11.4 Å². The molecule has 1 aromatic rings. The minimum absolute atomic E-state index is 0.152. The highest BCUT2D eigenvalue weighted by Crippen LogP contribution is 2.62.